The number of hydrogen-bond donors (Lipinski definition) is 3. The molecule has 5 nitrogen and oxygen atoms in total. The first-order valence-corrected chi connectivity index (χ1v) is 9.93. The van der Waals surface area contributed by atoms with Gasteiger partial charge in [0.05, 0.1) is 4.88 Å². The third-order valence-electron chi connectivity index (χ3n) is 4.74. The van der Waals surface area contributed by atoms with Crippen molar-refractivity contribution in [2.24, 2.45) is 0 Å². The van der Waals surface area contributed by atoms with E-state index in [4.69, 9.17) is 0 Å². The molecule has 3 rings (SSSR count). The van der Waals surface area contributed by atoms with E-state index in [1.165, 1.54) is 11.3 Å². The minimum atomic E-state index is -0.596. The summed E-state index contributed by atoms with van der Waals surface area (Å²) in [4.78, 5) is 26.0. The first-order valence-electron chi connectivity index (χ1n) is 9.05. The Bertz CT molecular complexity index is 718. The van der Waals surface area contributed by atoms with Crippen LogP contribution in [0.3, 0.4) is 0 Å². The lowest BCUT2D eigenvalue weighted by molar-refractivity contribution is -0.124. The smallest absolute Gasteiger partial charge is 0.262 e. The molecule has 1 fully saturated rings. The van der Waals surface area contributed by atoms with E-state index in [1.54, 1.807) is 6.07 Å². The fraction of sp³-hybridized carbons (Fsp3) is 0.400. The molecular formula is C20H25N3O2S. The molecule has 2 aromatic rings. The molecule has 0 radical (unpaired) electrons. The molecule has 1 saturated heterocycles. The maximum Gasteiger partial charge on any atom is 0.262 e. The van der Waals surface area contributed by atoms with Gasteiger partial charge in [-0.1, -0.05) is 36.4 Å². The summed E-state index contributed by atoms with van der Waals surface area (Å²) in [5.41, 5.74) is 1.02. The maximum absolute atomic E-state index is 12.9. The number of carbonyl (C=O) groups excluding carboxylic acids is 2. The number of benzene rings is 1. The van der Waals surface area contributed by atoms with Gasteiger partial charge in [-0.3, -0.25) is 9.59 Å². The molecule has 1 aromatic carbocycles. The topological polar surface area (TPSA) is 70.2 Å². The Morgan fingerprint density at radius 3 is 2.73 bits per heavy atom. The highest BCUT2D eigenvalue weighted by Gasteiger charge is 2.27. The van der Waals surface area contributed by atoms with Crippen molar-refractivity contribution < 1.29 is 9.59 Å². The zero-order chi connectivity index (χ0) is 18.4. The monoisotopic (exact) mass is 371 g/mol. The molecule has 26 heavy (non-hydrogen) atoms. The lowest BCUT2D eigenvalue weighted by atomic mass is 9.98. The molecule has 3 atom stereocenters. The molecule has 2 amide bonds. The second kappa shape index (κ2) is 8.96. The summed E-state index contributed by atoms with van der Waals surface area (Å²) in [6, 6.07) is 13.1. The van der Waals surface area contributed by atoms with Crippen LogP contribution in [-0.4, -0.2) is 36.5 Å². The lowest BCUT2D eigenvalue weighted by Gasteiger charge is -2.32. The summed E-state index contributed by atoms with van der Waals surface area (Å²) in [5, 5.41) is 11.3. The normalized spacial score (nSPS) is 21.0. The minimum absolute atomic E-state index is 0.0909. The van der Waals surface area contributed by atoms with E-state index in [9.17, 15) is 9.59 Å². The highest BCUT2D eigenvalue weighted by Crippen LogP contribution is 2.12. The average Bonchev–Trinajstić information content (AvgIpc) is 3.19. The minimum Gasteiger partial charge on any atom is -0.350 e. The molecule has 6 heteroatoms. The second-order valence-electron chi connectivity index (χ2n) is 6.69. The molecule has 138 valence electrons. The Balaban J connectivity index is 1.70. The Morgan fingerprint density at radius 1 is 1.23 bits per heavy atom. The van der Waals surface area contributed by atoms with Crippen LogP contribution < -0.4 is 16.0 Å². The maximum atomic E-state index is 12.9. The van der Waals surface area contributed by atoms with E-state index in [2.05, 4.69) is 22.9 Å². The Labute approximate surface area is 158 Å². The van der Waals surface area contributed by atoms with Gasteiger partial charge >= 0.3 is 0 Å². The van der Waals surface area contributed by atoms with Crippen LogP contribution in [0.25, 0.3) is 0 Å². The van der Waals surface area contributed by atoms with Crippen LogP contribution >= 0.6 is 11.3 Å². The van der Waals surface area contributed by atoms with Crippen LogP contribution in [0, 0.1) is 0 Å². The lowest BCUT2D eigenvalue weighted by Crippen LogP contribution is -2.57. The van der Waals surface area contributed by atoms with E-state index >= 15 is 0 Å². The number of piperidine rings is 1. The van der Waals surface area contributed by atoms with Gasteiger partial charge in [-0.15, -0.1) is 11.3 Å². The van der Waals surface area contributed by atoms with Gasteiger partial charge in [0, 0.05) is 18.5 Å². The molecule has 3 N–H and O–H groups in total. The first-order chi connectivity index (χ1) is 12.6. The zero-order valence-electron chi connectivity index (χ0n) is 14.9. The number of rotatable bonds is 6. The van der Waals surface area contributed by atoms with Gasteiger partial charge in [0.2, 0.25) is 5.91 Å². The van der Waals surface area contributed by atoms with Gasteiger partial charge in [0.1, 0.15) is 6.04 Å². The third-order valence-corrected chi connectivity index (χ3v) is 5.61. The number of hydrogen-bond acceptors (Lipinski definition) is 4. The standard InChI is InChI=1S/C20H25N3O2S/c1-14-16(9-5-11-21-14)22-19(24)17(13-15-7-3-2-4-8-15)23-20(25)18-10-6-12-26-18/h2-4,6-8,10,12,14,16-17,21H,5,9,11,13H2,1H3,(H,22,24)(H,23,25). The van der Waals surface area contributed by atoms with Gasteiger partial charge in [-0.2, -0.15) is 0 Å². The molecular weight excluding hydrogens is 346 g/mol. The average molecular weight is 372 g/mol. The summed E-state index contributed by atoms with van der Waals surface area (Å²) < 4.78 is 0. The third kappa shape index (κ3) is 4.93. The van der Waals surface area contributed by atoms with Crippen molar-refractivity contribution >= 4 is 23.2 Å². The molecule has 0 spiro atoms. The molecule has 2 heterocycles. The van der Waals surface area contributed by atoms with Crippen LogP contribution in [0.5, 0.6) is 0 Å². The fourth-order valence-corrected chi connectivity index (χ4v) is 3.85. The Kier molecular flexibility index (Phi) is 6.41. The van der Waals surface area contributed by atoms with Crippen molar-refractivity contribution in [1.82, 2.24) is 16.0 Å². The van der Waals surface area contributed by atoms with Crippen LogP contribution in [0.1, 0.15) is 35.0 Å². The summed E-state index contributed by atoms with van der Waals surface area (Å²) in [7, 11) is 0. The predicted molar refractivity (Wildman–Crippen MR) is 104 cm³/mol. The van der Waals surface area contributed by atoms with Crippen LogP contribution in [0.4, 0.5) is 0 Å². The summed E-state index contributed by atoms with van der Waals surface area (Å²) >= 11 is 1.37. The van der Waals surface area contributed by atoms with Crippen molar-refractivity contribution in [3.63, 3.8) is 0 Å². The zero-order valence-corrected chi connectivity index (χ0v) is 15.7. The summed E-state index contributed by atoms with van der Waals surface area (Å²) in [6.07, 6.45) is 2.47. The second-order valence-corrected chi connectivity index (χ2v) is 7.64. The van der Waals surface area contributed by atoms with Crippen LogP contribution in [-0.2, 0) is 11.2 Å². The fourth-order valence-electron chi connectivity index (χ4n) is 3.22. The molecule has 0 aliphatic carbocycles. The SMILES string of the molecule is CC1NCCCC1NC(=O)C(Cc1ccccc1)NC(=O)c1cccs1. The highest BCUT2D eigenvalue weighted by molar-refractivity contribution is 7.12. The van der Waals surface area contributed by atoms with E-state index in [0.29, 0.717) is 11.3 Å². The molecule has 1 aliphatic heterocycles. The van der Waals surface area contributed by atoms with Crippen molar-refractivity contribution in [3.8, 4) is 0 Å². The number of amides is 2. The molecule has 0 saturated carbocycles. The molecule has 1 aromatic heterocycles. The van der Waals surface area contributed by atoms with Gasteiger partial charge in [-0.05, 0) is 43.3 Å². The van der Waals surface area contributed by atoms with E-state index < -0.39 is 6.04 Å². The van der Waals surface area contributed by atoms with Crippen molar-refractivity contribution in [1.29, 1.82) is 0 Å². The predicted octanol–water partition coefficient (Wildman–Crippen LogP) is 2.35. The Hall–Kier alpha value is -2.18. The van der Waals surface area contributed by atoms with Crippen molar-refractivity contribution in [2.45, 2.75) is 44.3 Å². The Morgan fingerprint density at radius 2 is 2.04 bits per heavy atom. The van der Waals surface area contributed by atoms with Crippen molar-refractivity contribution in [2.75, 3.05) is 6.54 Å². The van der Waals surface area contributed by atoms with Gasteiger partial charge in [0.25, 0.3) is 5.91 Å². The number of carbonyl (C=O) groups is 2. The quantitative estimate of drug-likeness (QED) is 0.730. The van der Waals surface area contributed by atoms with Crippen LogP contribution in [0.2, 0.25) is 0 Å². The molecule has 1 aliphatic rings. The highest BCUT2D eigenvalue weighted by atomic mass is 32.1. The van der Waals surface area contributed by atoms with E-state index in [1.807, 2.05) is 41.8 Å². The molecule has 3 unspecified atom stereocenters. The largest absolute Gasteiger partial charge is 0.350 e. The van der Waals surface area contributed by atoms with E-state index in [-0.39, 0.29) is 23.9 Å². The van der Waals surface area contributed by atoms with Gasteiger partial charge in [-0.25, -0.2) is 0 Å². The van der Waals surface area contributed by atoms with Crippen LogP contribution in [0.15, 0.2) is 47.8 Å². The first kappa shape index (κ1) is 18.6. The number of thiophene rings is 1. The summed E-state index contributed by atoms with van der Waals surface area (Å²) in [5.74, 6) is -0.329. The van der Waals surface area contributed by atoms with E-state index in [0.717, 1.165) is 24.9 Å². The summed E-state index contributed by atoms with van der Waals surface area (Å²) in [6.45, 7) is 3.07. The van der Waals surface area contributed by atoms with Gasteiger partial charge < -0.3 is 16.0 Å². The molecule has 0 bridgehead atoms. The van der Waals surface area contributed by atoms with Gasteiger partial charge in [0.15, 0.2) is 0 Å². The van der Waals surface area contributed by atoms with Crippen molar-refractivity contribution in [3.05, 3.63) is 58.3 Å². The number of nitrogens with one attached hydrogen (secondary N) is 3.